The number of fused-ring (bicyclic) bond motifs is 1. The second-order valence-electron chi connectivity index (χ2n) is 7.94. The fraction of sp³-hybridized carbons (Fsp3) is 0.522. The highest BCUT2D eigenvalue weighted by molar-refractivity contribution is 7.97. The van der Waals surface area contributed by atoms with Crippen molar-refractivity contribution in [3.63, 3.8) is 0 Å². The topological polar surface area (TPSA) is 85.9 Å². The molecule has 2 aromatic rings. The first kappa shape index (κ1) is 22.0. The van der Waals surface area contributed by atoms with Gasteiger partial charge in [-0.2, -0.15) is 11.8 Å². The second-order valence-corrected chi connectivity index (χ2v) is 8.81. The lowest BCUT2D eigenvalue weighted by Gasteiger charge is -2.34. The number of rotatable bonds is 6. The van der Waals surface area contributed by atoms with Crippen LogP contribution in [0.3, 0.4) is 0 Å². The van der Waals surface area contributed by atoms with Gasteiger partial charge in [0.2, 0.25) is 0 Å². The summed E-state index contributed by atoms with van der Waals surface area (Å²) in [5.41, 5.74) is 9.36. The van der Waals surface area contributed by atoms with E-state index in [1.165, 1.54) is 11.8 Å². The monoisotopic (exact) mass is 441 g/mol. The third-order valence-corrected chi connectivity index (χ3v) is 6.30. The first-order valence-corrected chi connectivity index (χ1v) is 12.3. The van der Waals surface area contributed by atoms with Crippen LogP contribution in [0.2, 0.25) is 0 Å². The summed E-state index contributed by atoms with van der Waals surface area (Å²) in [6, 6.07) is 4.53. The van der Waals surface area contributed by atoms with E-state index in [0.29, 0.717) is 13.2 Å². The van der Waals surface area contributed by atoms with Crippen LogP contribution in [0, 0.1) is 0 Å². The first-order chi connectivity index (χ1) is 15.2. The molecule has 8 heteroatoms. The van der Waals surface area contributed by atoms with Crippen molar-refractivity contribution in [2.24, 2.45) is 10.7 Å². The van der Waals surface area contributed by atoms with Gasteiger partial charge in [-0.05, 0) is 62.4 Å². The predicted octanol–water partition coefficient (Wildman–Crippen LogP) is 3.51. The van der Waals surface area contributed by atoms with E-state index in [-0.39, 0.29) is 12.3 Å². The standard InChI is InChI=1S/C23H31N5O2S/c1-16-14-29-12-10-28(16)20-13-17(15-31-2)18-7-9-25-23(22(18)27-20)19(6-8-24)26-21-5-3-4-11-30-21/h6-9,13,16,21H,3-5,10-12,14-15,24H2,1-2H3. The average molecular weight is 442 g/mol. The van der Waals surface area contributed by atoms with Gasteiger partial charge in [0.15, 0.2) is 0 Å². The summed E-state index contributed by atoms with van der Waals surface area (Å²) in [4.78, 5) is 17.0. The molecule has 2 atom stereocenters. The Morgan fingerprint density at radius 1 is 1.39 bits per heavy atom. The molecule has 0 bridgehead atoms. The zero-order valence-electron chi connectivity index (χ0n) is 18.3. The van der Waals surface area contributed by atoms with Gasteiger partial charge in [0.1, 0.15) is 23.3 Å². The van der Waals surface area contributed by atoms with Gasteiger partial charge in [0.05, 0.1) is 25.0 Å². The number of aromatic nitrogens is 2. The molecule has 4 rings (SSSR count). The molecule has 0 radical (unpaired) electrons. The third-order valence-electron chi connectivity index (χ3n) is 5.70. The molecule has 2 aromatic heterocycles. The maximum Gasteiger partial charge on any atom is 0.149 e. The maximum atomic E-state index is 5.85. The number of aliphatic imine (C=N–C) groups is 1. The van der Waals surface area contributed by atoms with Crippen molar-refractivity contribution in [1.29, 1.82) is 0 Å². The highest BCUT2D eigenvalue weighted by Crippen LogP contribution is 2.29. The molecule has 2 N–H and O–H groups in total. The number of ether oxygens (including phenoxy) is 2. The molecule has 2 aliphatic rings. The molecular weight excluding hydrogens is 410 g/mol. The largest absolute Gasteiger partial charge is 0.405 e. The van der Waals surface area contributed by atoms with E-state index in [4.69, 9.17) is 30.2 Å². The van der Waals surface area contributed by atoms with Crippen LogP contribution in [-0.4, -0.2) is 60.6 Å². The Bertz CT molecular complexity index is 958. The Kier molecular flexibility index (Phi) is 7.42. The number of nitrogens with zero attached hydrogens (tertiary/aromatic N) is 4. The minimum atomic E-state index is -0.162. The maximum absolute atomic E-state index is 5.85. The predicted molar refractivity (Wildman–Crippen MR) is 128 cm³/mol. The van der Waals surface area contributed by atoms with E-state index in [1.807, 2.05) is 12.3 Å². The van der Waals surface area contributed by atoms with E-state index >= 15 is 0 Å². The molecule has 166 valence electrons. The lowest BCUT2D eigenvalue weighted by atomic mass is 10.1. The fourth-order valence-electron chi connectivity index (χ4n) is 4.14. The van der Waals surface area contributed by atoms with Crippen LogP contribution in [0.5, 0.6) is 0 Å². The molecule has 2 saturated heterocycles. The molecule has 0 aliphatic carbocycles. The van der Waals surface area contributed by atoms with E-state index in [2.05, 4.69) is 24.1 Å². The average Bonchev–Trinajstić information content (AvgIpc) is 2.79. The quantitative estimate of drug-likeness (QED) is 0.687. The molecule has 0 saturated carbocycles. The molecule has 4 heterocycles. The van der Waals surface area contributed by atoms with Crippen LogP contribution in [0.1, 0.15) is 37.4 Å². The van der Waals surface area contributed by atoms with Crippen LogP contribution in [0.25, 0.3) is 10.9 Å². The minimum absolute atomic E-state index is 0.162. The zero-order chi connectivity index (χ0) is 21.6. The third kappa shape index (κ3) is 5.02. The molecule has 2 unspecified atom stereocenters. The smallest absolute Gasteiger partial charge is 0.149 e. The lowest BCUT2D eigenvalue weighted by molar-refractivity contribution is 0.0224. The summed E-state index contributed by atoms with van der Waals surface area (Å²) < 4.78 is 11.5. The summed E-state index contributed by atoms with van der Waals surface area (Å²) in [5.74, 6) is 1.87. The van der Waals surface area contributed by atoms with Crippen molar-refractivity contribution in [3.8, 4) is 0 Å². The Hall–Kier alpha value is -2.16. The van der Waals surface area contributed by atoms with Crippen molar-refractivity contribution in [2.75, 3.05) is 37.5 Å². The number of nitrogens with two attached hydrogens (primary N) is 1. The van der Waals surface area contributed by atoms with Crippen LogP contribution in [-0.2, 0) is 15.2 Å². The van der Waals surface area contributed by atoms with Gasteiger partial charge in [-0.3, -0.25) is 9.98 Å². The Morgan fingerprint density at radius 3 is 3.03 bits per heavy atom. The normalized spacial score (nSPS) is 23.0. The van der Waals surface area contributed by atoms with Crippen molar-refractivity contribution >= 4 is 34.2 Å². The van der Waals surface area contributed by atoms with Gasteiger partial charge in [-0.25, -0.2) is 4.98 Å². The number of hydrogen-bond donors (Lipinski definition) is 1. The molecule has 31 heavy (non-hydrogen) atoms. The molecule has 2 fully saturated rings. The van der Waals surface area contributed by atoms with E-state index in [9.17, 15) is 0 Å². The van der Waals surface area contributed by atoms with Gasteiger partial charge in [0.25, 0.3) is 0 Å². The van der Waals surface area contributed by atoms with Crippen LogP contribution in [0.15, 0.2) is 35.6 Å². The molecular formula is C23H31N5O2S. The highest BCUT2D eigenvalue weighted by atomic mass is 32.2. The van der Waals surface area contributed by atoms with Crippen molar-refractivity contribution in [1.82, 2.24) is 9.97 Å². The number of morpholine rings is 1. The van der Waals surface area contributed by atoms with E-state index < -0.39 is 0 Å². The number of pyridine rings is 2. The SMILES string of the molecule is CSCc1cc(N2CCOCC2C)nc2c(C(C=CN)=NC3CCCCO3)nccc12. The molecule has 0 amide bonds. The summed E-state index contributed by atoms with van der Waals surface area (Å²) in [7, 11) is 0. The number of allylic oxidation sites excluding steroid dienone is 1. The van der Waals surface area contributed by atoms with Gasteiger partial charge < -0.3 is 20.1 Å². The molecule has 2 aliphatic heterocycles. The summed E-state index contributed by atoms with van der Waals surface area (Å²) in [5, 5.41) is 1.10. The Labute approximate surface area is 188 Å². The van der Waals surface area contributed by atoms with E-state index in [1.54, 1.807) is 17.8 Å². The molecule has 0 spiro atoms. The van der Waals surface area contributed by atoms with Crippen molar-refractivity contribution in [3.05, 3.63) is 41.9 Å². The lowest BCUT2D eigenvalue weighted by Crippen LogP contribution is -2.44. The van der Waals surface area contributed by atoms with Crippen LogP contribution >= 0.6 is 11.8 Å². The number of thioether (sulfide) groups is 1. The van der Waals surface area contributed by atoms with E-state index in [0.717, 1.165) is 66.3 Å². The zero-order valence-corrected chi connectivity index (χ0v) is 19.1. The summed E-state index contributed by atoms with van der Waals surface area (Å²) in [6.45, 7) is 5.16. The fourth-order valence-corrected chi connectivity index (χ4v) is 4.69. The highest BCUT2D eigenvalue weighted by Gasteiger charge is 2.23. The Morgan fingerprint density at radius 2 is 2.29 bits per heavy atom. The van der Waals surface area contributed by atoms with Crippen LogP contribution < -0.4 is 10.6 Å². The Balaban J connectivity index is 1.85. The summed E-state index contributed by atoms with van der Waals surface area (Å²) >= 11 is 1.80. The number of anilines is 1. The second kappa shape index (κ2) is 10.4. The van der Waals surface area contributed by atoms with Gasteiger partial charge >= 0.3 is 0 Å². The molecule has 7 nitrogen and oxygen atoms in total. The van der Waals surface area contributed by atoms with Gasteiger partial charge in [0, 0.05) is 30.5 Å². The van der Waals surface area contributed by atoms with Gasteiger partial charge in [-0.1, -0.05) is 0 Å². The summed E-state index contributed by atoms with van der Waals surface area (Å²) in [6.07, 6.45) is 10.2. The number of hydrogen-bond acceptors (Lipinski definition) is 8. The van der Waals surface area contributed by atoms with Crippen LogP contribution in [0.4, 0.5) is 5.82 Å². The molecule has 0 aromatic carbocycles. The van der Waals surface area contributed by atoms with Gasteiger partial charge in [-0.15, -0.1) is 0 Å². The van der Waals surface area contributed by atoms with Crippen molar-refractivity contribution < 1.29 is 9.47 Å². The first-order valence-electron chi connectivity index (χ1n) is 10.9. The van der Waals surface area contributed by atoms with Crippen molar-refractivity contribution in [2.45, 2.75) is 44.2 Å². The minimum Gasteiger partial charge on any atom is -0.405 e.